The van der Waals surface area contributed by atoms with Crippen LogP contribution < -0.4 is 5.32 Å². The van der Waals surface area contributed by atoms with E-state index in [1.165, 1.54) is 0 Å². The minimum Gasteiger partial charge on any atom is -0.314 e. The predicted octanol–water partition coefficient (Wildman–Crippen LogP) is 2.50. The number of amides is 2. The minimum atomic E-state index is -0.201. The molecule has 1 aromatic carbocycles. The van der Waals surface area contributed by atoms with Gasteiger partial charge >= 0.3 is 6.03 Å². The summed E-state index contributed by atoms with van der Waals surface area (Å²) in [6, 6.07) is 9.08. The molecule has 0 aromatic heterocycles. The molecule has 1 aliphatic heterocycles. The summed E-state index contributed by atoms with van der Waals surface area (Å²) >= 11 is 0. The number of hydrogen-bond donors (Lipinski definition) is 1. The van der Waals surface area contributed by atoms with E-state index in [9.17, 15) is 4.79 Å². The molecule has 2 amide bonds. The zero-order valence-electron chi connectivity index (χ0n) is 10.1. The Kier molecular flexibility index (Phi) is 3.16. The van der Waals surface area contributed by atoms with E-state index in [2.05, 4.69) is 18.0 Å². The first-order valence-corrected chi connectivity index (χ1v) is 5.55. The van der Waals surface area contributed by atoms with Crippen molar-refractivity contribution in [1.82, 2.24) is 10.2 Å². The van der Waals surface area contributed by atoms with Gasteiger partial charge < -0.3 is 5.32 Å². The standard InChI is InChI=1S/C14H13N3O/c1-10-8-16-14(18)17(11(10)2)9-13-5-3-4-12(6-13)7-15/h3-6,8H,2,9H2,1H3,(H,16,18). The largest absolute Gasteiger partial charge is 0.326 e. The molecular formula is C14H13N3O. The fraction of sp³-hybridized carbons (Fsp3) is 0.143. The first kappa shape index (κ1) is 11.9. The quantitative estimate of drug-likeness (QED) is 0.862. The number of hydrogen-bond acceptors (Lipinski definition) is 2. The maximum absolute atomic E-state index is 11.8. The summed E-state index contributed by atoms with van der Waals surface area (Å²) in [6.45, 7) is 6.20. The van der Waals surface area contributed by atoms with Crippen LogP contribution in [-0.2, 0) is 6.54 Å². The number of carbonyl (C=O) groups is 1. The average Bonchev–Trinajstić information content (AvgIpc) is 2.39. The predicted molar refractivity (Wildman–Crippen MR) is 68.1 cm³/mol. The summed E-state index contributed by atoms with van der Waals surface area (Å²) in [4.78, 5) is 13.3. The first-order valence-electron chi connectivity index (χ1n) is 5.55. The van der Waals surface area contributed by atoms with E-state index < -0.39 is 0 Å². The minimum absolute atomic E-state index is 0.201. The Morgan fingerprint density at radius 1 is 1.50 bits per heavy atom. The van der Waals surface area contributed by atoms with Crippen molar-refractivity contribution >= 4 is 6.03 Å². The van der Waals surface area contributed by atoms with E-state index in [4.69, 9.17) is 5.26 Å². The highest BCUT2D eigenvalue weighted by atomic mass is 16.2. The van der Waals surface area contributed by atoms with Crippen molar-refractivity contribution in [2.24, 2.45) is 0 Å². The summed E-state index contributed by atoms with van der Waals surface area (Å²) in [5.74, 6) is 0. The summed E-state index contributed by atoms with van der Waals surface area (Å²) in [7, 11) is 0. The Bertz CT molecular complexity index is 581. The van der Waals surface area contributed by atoms with Gasteiger partial charge in [-0.05, 0) is 30.2 Å². The van der Waals surface area contributed by atoms with Crippen molar-refractivity contribution in [3.8, 4) is 6.07 Å². The van der Waals surface area contributed by atoms with Gasteiger partial charge in [0.15, 0.2) is 0 Å². The van der Waals surface area contributed by atoms with Gasteiger partial charge in [0.1, 0.15) is 0 Å². The van der Waals surface area contributed by atoms with Crippen molar-refractivity contribution < 1.29 is 4.79 Å². The van der Waals surface area contributed by atoms with E-state index in [0.717, 1.165) is 11.1 Å². The smallest absolute Gasteiger partial charge is 0.314 e. The summed E-state index contributed by atoms with van der Waals surface area (Å²) in [5.41, 5.74) is 3.09. The number of nitrogens with one attached hydrogen (secondary N) is 1. The molecule has 0 radical (unpaired) electrons. The maximum atomic E-state index is 11.8. The molecular weight excluding hydrogens is 226 g/mol. The Morgan fingerprint density at radius 2 is 2.28 bits per heavy atom. The second-order valence-corrected chi connectivity index (χ2v) is 4.12. The second-order valence-electron chi connectivity index (χ2n) is 4.12. The van der Waals surface area contributed by atoms with Crippen LogP contribution in [0.4, 0.5) is 4.79 Å². The van der Waals surface area contributed by atoms with Crippen LogP contribution >= 0.6 is 0 Å². The van der Waals surface area contributed by atoms with Crippen LogP contribution in [0.5, 0.6) is 0 Å². The van der Waals surface area contributed by atoms with Crippen molar-refractivity contribution in [3.05, 3.63) is 59.4 Å². The van der Waals surface area contributed by atoms with Crippen LogP contribution in [-0.4, -0.2) is 10.9 Å². The molecule has 1 aliphatic rings. The third kappa shape index (κ3) is 2.25. The van der Waals surface area contributed by atoms with Crippen LogP contribution in [0.3, 0.4) is 0 Å². The molecule has 90 valence electrons. The molecule has 0 spiro atoms. The number of urea groups is 1. The normalized spacial score (nSPS) is 14.9. The van der Waals surface area contributed by atoms with Crippen LogP contribution in [0.2, 0.25) is 0 Å². The lowest BCUT2D eigenvalue weighted by Gasteiger charge is -2.28. The van der Waals surface area contributed by atoms with Gasteiger partial charge in [0.25, 0.3) is 0 Å². The average molecular weight is 239 g/mol. The van der Waals surface area contributed by atoms with Gasteiger partial charge in [0, 0.05) is 11.9 Å². The number of nitrogens with zero attached hydrogens (tertiary/aromatic N) is 2. The van der Waals surface area contributed by atoms with E-state index in [1.54, 1.807) is 29.3 Å². The zero-order chi connectivity index (χ0) is 13.1. The number of carbonyl (C=O) groups excluding carboxylic acids is 1. The lowest BCUT2D eigenvalue weighted by Crippen LogP contribution is -2.40. The highest BCUT2D eigenvalue weighted by Gasteiger charge is 2.21. The van der Waals surface area contributed by atoms with Gasteiger partial charge in [0.05, 0.1) is 18.2 Å². The molecule has 0 aliphatic carbocycles. The second kappa shape index (κ2) is 4.76. The molecule has 1 heterocycles. The third-order valence-corrected chi connectivity index (χ3v) is 2.84. The molecule has 18 heavy (non-hydrogen) atoms. The van der Waals surface area contributed by atoms with Gasteiger partial charge in [-0.15, -0.1) is 0 Å². The number of allylic oxidation sites excluding steroid dienone is 1. The summed E-state index contributed by atoms with van der Waals surface area (Å²) in [6.07, 6.45) is 1.65. The molecule has 1 N–H and O–H groups in total. The monoisotopic (exact) mass is 239 g/mol. The Hall–Kier alpha value is -2.54. The first-order chi connectivity index (χ1) is 8.61. The molecule has 0 atom stereocenters. The molecule has 4 heteroatoms. The highest BCUT2D eigenvalue weighted by molar-refractivity contribution is 5.80. The third-order valence-electron chi connectivity index (χ3n) is 2.84. The zero-order valence-corrected chi connectivity index (χ0v) is 10.1. The van der Waals surface area contributed by atoms with E-state index >= 15 is 0 Å². The van der Waals surface area contributed by atoms with Crippen molar-refractivity contribution in [1.29, 1.82) is 5.26 Å². The van der Waals surface area contributed by atoms with Crippen molar-refractivity contribution in [2.45, 2.75) is 13.5 Å². The van der Waals surface area contributed by atoms with Gasteiger partial charge in [-0.1, -0.05) is 18.7 Å². The SMILES string of the molecule is C=C1C(C)=CNC(=O)N1Cc1cccc(C#N)c1. The molecule has 0 saturated carbocycles. The summed E-state index contributed by atoms with van der Waals surface area (Å²) < 4.78 is 0. The highest BCUT2D eigenvalue weighted by Crippen LogP contribution is 2.19. The van der Waals surface area contributed by atoms with Gasteiger partial charge in [-0.2, -0.15) is 5.26 Å². The van der Waals surface area contributed by atoms with E-state index in [1.807, 2.05) is 13.0 Å². The Balaban J connectivity index is 2.23. The Morgan fingerprint density at radius 3 is 3.00 bits per heavy atom. The van der Waals surface area contributed by atoms with Gasteiger partial charge in [-0.25, -0.2) is 4.79 Å². The number of rotatable bonds is 2. The van der Waals surface area contributed by atoms with E-state index in [0.29, 0.717) is 17.8 Å². The molecule has 0 unspecified atom stereocenters. The summed E-state index contributed by atoms with van der Waals surface area (Å²) in [5, 5.41) is 11.5. The fourth-order valence-electron chi connectivity index (χ4n) is 1.76. The van der Waals surface area contributed by atoms with Crippen LogP contribution in [0.1, 0.15) is 18.1 Å². The Labute approximate surface area is 106 Å². The molecule has 4 nitrogen and oxygen atoms in total. The van der Waals surface area contributed by atoms with E-state index in [-0.39, 0.29) is 6.03 Å². The maximum Gasteiger partial charge on any atom is 0.326 e. The number of nitriles is 1. The van der Waals surface area contributed by atoms with Crippen LogP contribution in [0.15, 0.2) is 48.3 Å². The topological polar surface area (TPSA) is 56.1 Å². The number of benzene rings is 1. The van der Waals surface area contributed by atoms with Crippen molar-refractivity contribution in [2.75, 3.05) is 0 Å². The van der Waals surface area contributed by atoms with Crippen LogP contribution in [0, 0.1) is 11.3 Å². The van der Waals surface area contributed by atoms with Crippen LogP contribution in [0.25, 0.3) is 0 Å². The molecule has 2 rings (SSSR count). The molecule has 0 saturated heterocycles. The molecule has 0 bridgehead atoms. The van der Waals surface area contributed by atoms with Gasteiger partial charge in [-0.3, -0.25) is 4.90 Å². The fourth-order valence-corrected chi connectivity index (χ4v) is 1.76. The van der Waals surface area contributed by atoms with Gasteiger partial charge in [0.2, 0.25) is 0 Å². The molecule has 0 fully saturated rings. The molecule has 1 aromatic rings. The van der Waals surface area contributed by atoms with Crippen molar-refractivity contribution in [3.63, 3.8) is 0 Å². The lowest BCUT2D eigenvalue weighted by atomic mass is 10.1. The lowest BCUT2D eigenvalue weighted by molar-refractivity contribution is 0.211.